The second-order valence-corrected chi connectivity index (χ2v) is 4.61. The average Bonchev–Trinajstić information content (AvgIpc) is 2.78. The van der Waals surface area contributed by atoms with Crippen molar-refractivity contribution in [2.24, 2.45) is 0 Å². The third kappa shape index (κ3) is 3.44. The number of amides is 1. The smallest absolute Gasteiger partial charge is 0.412 e. The summed E-state index contributed by atoms with van der Waals surface area (Å²) in [4.78, 5) is 11.6. The van der Waals surface area contributed by atoms with Crippen molar-refractivity contribution in [2.45, 2.75) is 6.61 Å². The van der Waals surface area contributed by atoms with Gasteiger partial charge in [-0.25, -0.2) is 4.79 Å². The quantitative estimate of drug-likeness (QED) is 0.941. The standard InChI is InChI=1S/C12H8ClN3O2S/c13-10-9(6-14)11(19-16-10)15-12(17)18-7-8-4-2-1-3-5-8/h1-5H,7H2,(H,15,17). The van der Waals surface area contributed by atoms with Crippen molar-refractivity contribution in [3.63, 3.8) is 0 Å². The highest BCUT2D eigenvalue weighted by atomic mass is 35.5. The topological polar surface area (TPSA) is 75.0 Å². The van der Waals surface area contributed by atoms with Gasteiger partial charge in [-0.15, -0.1) is 0 Å². The number of halogens is 1. The van der Waals surface area contributed by atoms with Gasteiger partial charge in [-0.05, 0) is 17.1 Å². The van der Waals surface area contributed by atoms with E-state index in [2.05, 4.69) is 9.69 Å². The molecule has 2 aromatic rings. The molecule has 2 rings (SSSR count). The zero-order chi connectivity index (χ0) is 13.7. The molecule has 96 valence electrons. The molecule has 0 saturated heterocycles. The third-order valence-corrected chi connectivity index (χ3v) is 3.33. The lowest BCUT2D eigenvalue weighted by atomic mass is 10.2. The maximum atomic E-state index is 11.6. The lowest BCUT2D eigenvalue weighted by Gasteiger charge is -2.05. The van der Waals surface area contributed by atoms with Crippen LogP contribution in [0.5, 0.6) is 0 Å². The summed E-state index contributed by atoms with van der Waals surface area (Å²) in [7, 11) is 0. The molecule has 0 atom stereocenters. The van der Waals surface area contributed by atoms with Crippen LogP contribution in [0.25, 0.3) is 0 Å². The van der Waals surface area contributed by atoms with Gasteiger partial charge in [-0.2, -0.15) is 9.64 Å². The molecule has 0 spiro atoms. The number of nitrogens with one attached hydrogen (secondary N) is 1. The molecule has 1 amide bonds. The summed E-state index contributed by atoms with van der Waals surface area (Å²) in [5.41, 5.74) is 1.02. The summed E-state index contributed by atoms with van der Waals surface area (Å²) in [5, 5.41) is 11.6. The van der Waals surface area contributed by atoms with Crippen LogP contribution in [-0.4, -0.2) is 10.5 Å². The lowest BCUT2D eigenvalue weighted by Crippen LogP contribution is -2.13. The van der Waals surface area contributed by atoms with Crippen molar-refractivity contribution < 1.29 is 9.53 Å². The van der Waals surface area contributed by atoms with Gasteiger partial charge in [-0.3, -0.25) is 5.32 Å². The normalized spacial score (nSPS) is 9.68. The Kier molecular flexibility index (Phi) is 4.34. The molecule has 1 aromatic carbocycles. The van der Waals surface area contributed by atoms with Gasteiger partial charge in [0.15, 0.2) is 5.15 Å². The number of nitrogens with zero attached hydrogens (tertiary/aromatic N) is 2. The van der Waals surface area contributed by atoms with Gasteiger partial charge in [0, 0.05) is 0 Å². The van der Waals surface area contributed by atoms with E-state index in [0.717, 1.165) is 17.1 Å². The second kappa shape index (κ2) is 6.18. The van der Waals surface area contributed by atoms with Gasteiger partial charge >= 0.3 is 6.09 Å². The second-order valence-electron chi connectivity index (χ2n) is 3.48. The van der Waals surface area contributed by atoms with Gasteiger partial charge in [0.05, 0.1) is 0 Å². The number of aromatic nitrogens is 1. The van der Waals surface area contributed by atoms with Crippen molar-refractivity contribution >= 4 is 34.2 Å². The molecule has 0 unspecified atom stereocenters. The molecule has 0 aliphatic carbocycles. The molecule has 0 saturated carbocycles. The summed E-state index contributed by atoms with van der Waals surface area (Å²) in [5.74, 6) is 0. The van der Waals surface area contributed by atoms with E-state index in [1.54, 1.807) is 0 Å². The summed E-state index contributed by atoms with van der Waals surface area (Å²) >= 11 is 6.62. The first-order valence-corrected chi connectivity index (χ1v) is 6.39. The summed E-state index contributed by atoms with van der Waals surface area (Å²) in [6.07, 6.45) is -0.652. The van der Waals surface area contributed by atoms with Crippen molar-refractivity contribution in [3.8, 4) is 6.07 Å². The first kappa shape index (κ1) is 13.3. The third-order valence-electron chi connectivity index (χ3n) is 2.19. The fourth-order valence-electron chi connectivity index (χ4n) is 1.30. The molecule has 0 fully saturated rings. The molecule has 0 bridgehead atoms. The van der Waals surface area contributed by atoms with Crippen LogP contribution < -0.4 is 5.32 Å². The monoisotopic (exact) mass is 293 g/mol. The maximum absolute atomic E-state index is 11.6. The molecule has 1 N–H and O–H groups in total. The van der Waals surface area contributed by atoms with Gasteiger partial charge in [0.1, 0.15) is 23.2 Å². The van der Waals surface area contributed by atoms with E-state index in [1.807, 2.05) is 36.4 Å². The van der Waals surface area contributed by atoms with Crippen LogP contribution >= 0.6 is 23.1 Å². The van der Waals surface area contributed by atoms with Gasteiger partial charge in [0.25, 0.3) is 0 Å². The Bertz CT molecular complexity index is 622. The Morgan fingerprint density at radius 2 is 2.21 bits per heavy atom. The lowest BCUT2D eigenvalue weighted by molar-refractivity contribution is 0.155. The van der Waals surface area contributed by atoms with Crippen molar-refractivity contribution in [1.29, 1.82) is 5.26 Å². The van der Waals surface area contributed by atoms with E-state index in [4.69, 9.17) is 21.6 Å². The number of ether oxygens (including phenoxy) is 1. The van der Waals surface area contributed by atoms with Gasteiger partial charge in [-0.1, -0.05) is 41.9 Å². The van der Waals surface area contributed by atoms with Gasteiger partial charge < -0.3 is 4.74 Å². The van der Waals surface area contributed by atoms with Crippen LogP contribution in [-0.2, 0) is 11.3 Å². The van der Waals surface area contributed by atoms with Crippen LogP contribution in [0.15, 0.2) is 30.3 Å². The minimum atomic E-state index is -0.652. The van der Waals surface area contributed by atoms with E-state index < -0.39 is 6.09 Å². The minimum Gasteiger partial charge on any atom is -0.444 e. The van der Waals surface area contributed by atoms with E-state index in [0.29, 0.717) is 0 Å². The highest BCUT2D eigenvalue weighted by Gasteiger charge is 2.14. The van der Waals surface area contributed by atoms with E-state index in [-0.39, 0.29) is 22.3 Å². The molecule has 5 nitrogen and oxygen atoms in total. The van der Waals surface area contributed by atoms with Crippen molar-refractivity contribution in [2.75, 3.05) is 5.32 Å². The van der Waals surface area contributed by atoms with Crippen LogP contribution in [0.3, 0.4) is 0 Å². The Morgan fingerprint density at radius 1 is 1.47 bits per heavy atom. The fourth-order valence-corrected chi connectivity index (χ4v) is 2.23. The predicted octanol–water partition coefficient (Wildman–Crippen LogP) is 3.42. The van der Waals surface area contributed by atoms with Crippen LogP contribution in [0.2, 0.25) is 5.15 Å². The van der Waals surface area contributed by atoms with E-state index in [9.17, 15) is 4.79 Å². The first-order valence-electron chi connectivity index (χ1n) is 5.23. The number of carbonyl (C=O) groups is 1. The Balaban J connectivity index is 1.93. The SMILES string of the molecule is N#Cc1c(Cl)nsc1NC(=O)OCc1ccccc1. The molecule has 19 heavy (non-hydrogen) atoms. The van der Waals surface area contributed by atoms with Crippen LogP contribution in [0, 0.1) is 11.3 Å². The van der Waals surface area contributed by atoms with Crippen molar-refractivity contribution in [3.05, 3.63) is 46.6 Å². The highest BCUT2D eigenvalue weighted by molar-refractivity contribution is 7.11. The number of nitriles is 1. The summed E-state index contributed by atoms with van der Waals surface area (Å²) in [6.45, 7) is 0.154. The zero-order valence-electron chi connectivity index (χ0n) is 9.59. The molecule has 0 aliphatic rings. The number of hydrogen-bond acceptors (Lipinski definition) is 5. The Hall–Kier alpha value is -2.10. The number of hydrogen-bond donors (Lipinski definition) is 1. The Morgan fingerprint density at radius 3 is 2.89 bits per heavy atom. The van der Waals surface area contributed by atoms with E-state index >= 15 is 0 Å². The average molecular weight is 294 g/mol. The largest absolute Gasteiger partial charge is 0.444 e. The predicted molar refractivity (Wildman–Crippen MR) is 72.1 cm³/mol. The van der Waals surface area contributed by atoms with Gasteiger partial charge in [0.2, 0.25) is 0 Å². The van der Waals surface area contributed by atoms with Crippen LogP contribution in [0.1, 0.15) is 11.1 Å². The molecule has 0 radical (unpaired) electrons. The van der Waals surface area contributed by atoms with Crippen LogP contribution in [0.4, 0.5) is 9.80 Å². The first-order chi connectivity index (χ1) is 9.20. The zero-order valence-corrected chi connectivity index (χ0v) is 11.2. The van der Waals surface area contributed by atoms with Crippen molar-refractivity contribution in [1.82, 2.24) is 4.37 Å². The molecule has 0 aliphatic heterocycles. The number of benzene rings is 1. The molecule has 1 heterocycles. The molecule has 1 aromatic heterocycles. The number of carbonyl (C=O) groups excluding carboxylic acids is 1. The summed E-state index contributed by atoms with van der Waals surface area (Å²) < 4.78 is 8.79. The number of anilines is 1. The minimum absolute atomic E-state index is 0.0749. The maximum Gasteiger partial charge on any atom is 0.412 e. The van der Waals surface area contributed by atoms with E-state index in [1.165, 1.54) is 0 Å². The molecular weight excluding hydrogens is 286 g/mol. The highest BCUT2D eigenvalue weighted by Crippen LogP contribution is 2.27. The summed E-state index contributed by atoms with van der Waals surface area (Å²) in [6, 6.07) is 11.1. The Labute approximate surface area is 118 Å². The fraction of sp³-hybridized carbons (Fsp3) is 0.0833. The molecular formula is C12H8ClN3O2S. The number of rotatable bonds is 3. The molecule has 7 heteroatoms.